The molecule has 9 nitrogen and oxygen atoms in total. The Morgan fingerprint density at radius 2 is 1.69 bits per heavy atom. The zero-order valence-corrected chi connectivity index (χ0v) is 16.1. The minimum Gasteiger partial charge on any atom is -0.366 e. The molecule has 2 amide bonds. The largest absolute Gasteiger partial charge is 0.366 e. The first-order chi connectivity index (χ1) is 13.8. The van der Waals surface area contributed by atoms with Crippen molar-refractivity contribution < 1.29 is 14.5 Å². The molecule has 152 valence electrons. The second kappa shape index (κ2) is 8.70. The molecule has 0 unspecified atom stereocenters. The van der Waals surface area contributed by atoms with Crippen molar-refractivity contribution in [2.24, 2.45) is 5.73 Å². The van der Waals surface area contributed by atoms with Crippen molar-refractivity contribution in [1.82, 2.24) is 10.2 Å². The van der Waals surface area contributed by atoms with Crippen LogP contribution in [0.3, 0.4) is 0 Å². The molecule has 3 N–H and O–H groups in total. The summed E-state index contributed by atoms with van der Waals surface area (Å²) in [5, 5.41) is 14.3. The Hall–Kier alpha value is -3.46. The number of nitro groups is 1. The first-order valence-electron chi connectivity index (χ1n) is 9.24. The molecule has 29 heavy (non-hydrogen) atoms. The number of anilines is 1. The molecule has 3 rings (SSSR count). The molecule has 0 saturated carbocycles. The fourth-order valence-electron chi connectivity index (χ4n) is 3.20. The van der Waals surface area contributed by atoms with Gasteiger partial charge in [0.2, 0.25) is 5.91 Å². The predicted octanol–water partition coefficient (Wildman–Crippen LogP) is 1.38. The normalized spacial score (nSPS) is 14.4. The van der Waals surface area contributed by atoms with Crippen LogP contribution in [0, 0.1) is 10.1 Å². The Morgan fingerprint density at radius 3 is 2.28 bits per heavy atom. The lowest BCUT2D eigenvalue weighted by atomic mass is 10.1. The molecule has 0 spiro atoms. The highest BCUT2D eigenvalue weighted by atomic mass is 16.6. The van der Waals surface area contributed by atoms with E-state index in [1.807, 2.05) is 11.9 Å². The highest BCUT2D eigenvalue weighted by molar-refractivity contribution is 5.96. The van der Waals surface area contributed by atoms with Gasteiger partial charge in [-0.15, -0.1) is 0 Å². The Morgan fingerprint density at radius 1 is 1.07 bits per heavy atom. The molecule has 0 bridgehead atoms. The van der Waals surface area contributed by atoms with Crippen LogP contribution in [0.25, 0.3) is 0 Å². The fourth-order valence-corrected chi connectivity index (χ4v) is 3.20. The molecule has 0 atom stereocenters. The van der Waals surface area contributed by atoms with Crippen molar-refractivity contribution in [2.45, 2.75) is 6.54 Å². The van der Waals surface area contributed by atoms with Gasteiger partial charge in [-0.2, -0.15) is 0 Å². The molecular formula is C20H23N5O4. The third kappa shape index (κ3) is 4.88. The number of nitro benzene ring substituents is 1. The lowest BCUT2D eigenvalue weighted by Gasteiger charge is -2.33. The number of carbonyl (C=O) groups excluding carboxylic acids is 2. The maximum Gasteiger partial charge on any atom is 0.293 e. The van der Waals surface area contributed by atoms with E-state index >= 15 is 0 Å². The number of nitrogens with zero attached hydrogens (tertiary/aromatic N) is 3. The number of primary amides is 1. The highest BCUT2D eigenvalue weighted by Gasteiger charge is 2.24. The van der Waals surface area contributed by atoms with Gasteiger partial charge in [-0.25, -0.2) is 0 Å². The maximum absolute atomic E-state index is 12.5. The van der Waals surface area contributed by atoms with E-state index in [1.165, 1.54) is 6.07 Å². The summed E-state index contributed by atoms with van der Waals surface area (Å²) in [7, 11) is 2.01. The molecular weight excluding hydrogens is 374 g/mol. The van der Waals surface area contributed by atoms with Crippen molar-refractivity contribution in [3.63, 3.8) is 0 Å². The second-order valence-electron chi connectivity index (χ2n) is 6.99. The number of nitrogens with two attached hydrogens (primary N) is 1. The lowest BCUT2D eigenvalue weighted by Crippen LogP contribution is -2.44. The molecule has 9 heteroatoms. The van der Waals surface area contributed by atoms with Crippen LogP contribution in [0.15, 0.2) is 42.5 Å². The topological polar surface area (TPSA) is 122 Å². The number of carbonyl (C=O) groups is 2. The number of rotatable bonds is 6. The van der Waals surface area contributed by atoms with Crippen LogP contribution in [-0.4, -0.2) is 54.9 Å². The molecule has 1 aliphatic heterocycles. The van der Waals surface area contributed by atoms with Crippen molar-refractivity contribution in [2.75, 3.05) is 38.1 Å². The number of benzene rings is 2. The summed E-state index contributed by atoms with van der Waals surface area (Å²) in [5.74, 6) is -0.926. The first-order valence-corrected chi connectivity index (χ1v) is 9.24. The Kier molecular flexibility index (Phi) is 6.08. The van der Waals surface area contributed by atoms with Crippen LogP contribution in [-0.2, 0) is 6.54 Å². The van der Waals surface area contributed by atoms with Crippen LogP contribution >= 0.6 is 0 Å². The summed E-state index contributed by atoms with van der Waals surface area (Å²) in [6.45, 7) is 3.28. The fraction of sp³-hybridized carbons (Fsp3) is 0.300. The third-order valence-corrected chi connectivity index (χ3v) is 4.97. The van der Waals surface area contributed by atoms with Crippen molar-refractivity contribution in [1.29, 1.82) is 0 Å². The summed E-state index contributed by atoms with van der Waals surface area (Å²) < 4.78 is 0. The maximum atomic E-state index is 12.5. The van der Waals surface area contributed by atoms with E-state index in [1.54, 1.807) is 36.4 Å². The molecule has 0 aromatic heterocycles. The minimum absolute atomic E-state index is 0.0759. The zero-order valence-electron chi connectivity index (χ0n) is 16.1. The summed E-state index contributed by atoms with van der Waals surface area (Å²) in [6.07, 6.45) is 0. The van der Waals surface area contributed by atoms with Crippen molar-refractivity contribution in [3.8, 4) is 0 Å². The van der Waals surface area contributed by atoms with E-state index in [-0.39, 0.29) is 17.8 Å². The number of nitrogens with one attached hydrogen (secondary N) is 1. The van der Waals surface area contributed by atoms with E-state index in [9.17, 15) is 19.7 Å². The molecule has 0 radical (unpaired) electrons. The van der Waals surface area contributed by atoms with Gasteiger partial charge in [0.05, 0.1) is 4.92 Å². The summed E-state index contributed by atoms with van der Waals surface area (Å²) in [5.41, 5.74) is 7.05. The molecule has 1 saturated heterocycles. The molecule has 1 aliphatic rings. The number of amides is 2. The number of hydrogen-bond donors (Lipinski definition) is 2. The third-order valence-electron chi connectivity index (χ3n) is 4.97. The van der Waals surface area contributed by atoms with Gasteiger partial charge in [-0.3, -0.25) is 19.7 Å². The number of likely N-dealkylation sites (N-methyl/N-ethyl adjacent to an activating group) is 1. The first kappa shape index (κ1) is 20.3. The highest BCUT2D eigenvalue weighted by Crippen LogP contribution is 2.30. The van der Waals surface area contributed by atoms with Crippen molar-refractivity contribution >= 4 is 23.2 Å². The Labute approximate surface area is 168 Å². The van der Waals surface area contributed by atoms with E-state index < -0.39 is 16.7 Å². The molecule has 1 fully saturated rings. The lowest BCUT2D eigenvalue weighted by molar-refractivity contribution is -0.384. The summed E-state index contributed by atoms with van der Waals surface area (Å²) in [4.78, 5) is 38.8. The van der Waals surface area contributed by atoms with Crippen LogP contribution in [0.4, 0.5) is 11.4 Å². The smallest absolute Gasteiger partial charge is 0.293 e. The SMILES string of the molecule is CN1CCN(c2ccc(C(=O)NCc3ccc(C(N)=O)cc3)cc2[N+](=O)[O-])CC1. The van der Waals surface area contributed by atoms with E-state index in [0.29, 0.717) is 24.3 Å². The Bertz CT molecular complexity index is 921. The average molecular weight is 397 g/mol. The van der Waals surface area contributed by atoms with E-state index in [0.717, 1.165) is 18.7 Å². The average Bonchev–Trinajstić information content (AvgIpc) is 2.72. The molecule has 1 heterocycles. The van der Waals surface area contributed by atoms with Gasteiger partial charge in [0.15, 0.2) is 0 Å². The quantitative estimate of drug-likeness (QED) is 0.561. The standard InChI is InChI=1S/C20H23N5O4/c1-23-8-10-24(11-9-23)17-7-6-16(12-18(17)25(28)29)20(27)22-13-14-2-4-15(5-3-14)19(21)26/h2-7,12H,8-11,13H2,1H3,(H2,21,26)(H,22,27). The van der Waals surface area contributed by atoms with E-state index in [2.05, 4.69) is 10.2 Å². The second-order valence-corrected chi connectivity index (χ2v) is 6.99. The molecule has 0 aliphatic carbocycles. The van der Waals surface area contributed by atoms with Crippen molar-refractivity contribution in [3.05, 3.63) is 69.3 Å². The zero-order chi connectivity index (χ0) is 21.0. The van der Waals surface area contributed by atoms with Crippen LogP contribution in [0.2, 0.25) is 0 Å². The van der Waals surface area contributed by atoms with Gasteiger partial charge < -0.3 is 20.9 Å². The van der Waals surface area contributed by atoms with Crippen LogP contribution in [0.1, 0.15) is 26.3 Å². The summed E-state index contributed by atoms with van der Waals surface area (Å²) in [6, 6.07) is 11.1. The minimum atomic E-state index is -0.520. The van der Waals surface area contributed by atoms with Gasteiger partial charge in [-0.05, 0) is 36.9 Å². The molecule has 2 aromatic rings. The Balaban J connectivity index is 1.71. The van der Waals surface area contributed by atoms with Gasteiger partial charge in [0, 0.05) is 49.9 Å². The van der Waals surface area contributed by atoms with Gasteiger partial charge in [-0.1, -0.05) is 12.1 Å². The monoisotopic (exact) mass is 397 g/mol. The summed E-state index contributed by atoms with van der Waals surface area (Å²) >= 11 is 0. The van der Waals surface area contributed by atoms with Gasteiger partial charge in [0.1, 0.15) is 5.69 Å². The van der Waals surface area contributed by atoms with E-state index in [4.69, 9.17) is 5.73 Å². The van der Waals surface area contributed by atoms with Gasteiger partial charge >= 0.3 is 0 Å². The number of piperazine rings is 1. The molecule has 2 aromatic carbocycles. The number of hydrogen-bond acceptors (Lipinski definition) is 6. The van der Waals surface area contributed by atoms with Crippen LogP contribution in [0.5, 0.6) is 0 Å². The van der Waals surface area contributed by atoms with Crippen LogP contribution < -0.4 is 16.0 Å². The predicted molar refractivity (Wildman–Crippen MR) is 109 cm³/mol. The van der Waals surface area contributed by atoms with Gasteiger partial charge in [0.25, 0.3) is 11.6 Å².